The Hall–Kier alpha value is -2.16. The predicted octanol–water partition coefficient (Wildman–Crippen LogP) is 2.77. The topological polar surface area (TPSA) is 33.2 Å². The van der Waals surface area contributed by atoms with Crippen molar-refractivity contribution < 1.29 is 4.79 Å². The highest BCUT2D eigenvalue weighted by Crippen LogP contribution is 2.21. The molecule has 3 rings (SSSR count). The van der Waals surface area contributed by atoms with Gasteiger partial charge in [0.2, 0.25) is 5.91 Å². The Morgan fingerprint density at radius 3 is 3.05 bits per heavy atom. The van der Waals surface area contributed by atoms with Crippen molar-refractivity contribution in [2.45, 2.75) is 13.0 Å². The Labute approximate surface area is 112 Å². The molecule has 1 amide bonds. The molecule has 1 aliphatic rings. The van der Waals surface area contributed by atoms with Gasteiger partial charge in [0, 0.05) is 37.0 Å². The second-order valence-electron chi connectivity index (χ2n) is 5.01. The summed E-state index contributed by atoms with van der Waals surface area (Å²) in [6.07, 6.45) is 4.32. The summed E-state index contributed by atoms with van der Waals surface area (Å²) in [6, 6.07) is 10.1. The molecular formula is C16H16N2O. The predicted molar refractivity (Wildman–Crippen MR) is 75.5 cm³/mol. The minimum absolute atomic E-state index is 0.207. The average molecular weight is 252 g/mol. The molecule has 1 saturated heterocycles. The molecule has 0 radical (unpaired) electrons. The highest BCUT2D eigenvalue weighted by molar-refractivity contribution is 5.80. The molecule has 1 aliphatic heterocycles. The molecule has 1 fully saturated rings. The van der Waals surface area contributed by atoms with Gasteiger partial charge in [0.1, 0.15) is 0 Å². The quantitative estimate of drug-likeness (QED) is 0.787. The van der Waals surface area contributed by atoms with Gasteiger partial charge in [-0.2, -0.15) is 0 Å². The lowest BCUT2D eigenvalue weighted by atomic mass is 10.1. The van der Waals surface area contributed by atoms with Crippen LogP contribution in [-0.2, 0) is 11.3 Å². The fourth-order valence-electron chi connectivity index (χ4n) is 2.54. The van der Waals surface area contributed by atoms with Crippen molar-refractivity contribution in [3.63, 3.8) is 0 Å². The molecule has 96 valence electrons. The number of likely N-dealkylation sites (tertiary alicyclic amines) is 1. The number of hydrogen-bond acceptors (Lipinski definition) is 2. The molecule has 0 aliphatic carbocycles. The summed E-state index contributed by atoms with van der Waals surface area (Å²) in [7, 11) is 0. The number of carbonyl (C=O) groups excluding carboxylic acids is 1. The second kappa shape index (κ2) is 4.84. The summed E-state index contributed by atoms with van der Waals surface area (Å²) < 4.78 is 0. The van der Waals surface area contributed by atoms with Crippen LogP contribution in [0.2, 0.25) is 0 Å². The van der Waals surface area contributed by atoms with E-state index in [1.165, 1.54) is 0 Å². The summed E-state index contributed by atoms with van der Waals surface area (Å²) in [4.78, 5) is 18.2. The maximum Gasteiger partial charge on any atom is 0.223 e. The van der Waals surface area contributed by atoms with E-state index in [0.29, 0.717) is 18.9 Å². The minimum Gasteiger partial charge on any atom is -0.338 e. The molecule has 0 spiro atoms. The molecule has 19 heavy (non-hydrogen) atoms. The Kier molecular flexibility index (Phi) is 3.03. The molecule has 1 unspecified atom stereocenters. The first kappa shape index (κ1) is 11.9. The van der Waals surface area contributed by atoms with Crippen LogP contribution in [0.3, 0.4) is 0 Å². The minimum atomic E-state index is 0.207. The van der Waals surface area contributed by atoms with Crippen molar-refractivity contribution in [2.75, 3.05) is 6.54 Å². The third-order valence-electron chi connectivity index (χ3n) is 3.60. The molecule has 0 N–H and O–H groups in total. The van der Waals surface area contributed by atoms with Gasteiger partial charge in [0.05, 0.1) is 5.52 Å². The molecule has 3 nitrogen and oxygen atoms in total. The smallest absolute Gasteiger partial charge is 0.223 e. The van der Waals surface area contributed by atoms with Crippen LogP contribution in [0.1, 0.15) is 12.0 Å². The summed E-state index contributed by atoms with van der Waals surface area (Å²) in [5.74, 6) is 0.499. The lowest BCUT2D eigenvalue weighted by Gasteiger charge is -2.16. The zero-order valence-electron chi connectivity index (χ0n) is 10.7. The first-order valence-electron chi connectivity index (χ1n) is 6.50. The van der Waals surface area contributed by atoms with Crippen molar-refractivity contribution in [2.24, 2.45) is 5.92 Å². The Morgan fingerprint density at radius 1 is 1.42 bits per heavy atom. The maximum atomic E-state index is 11.9. The van der Waals surface area contributed by atoms with E-state index < -0.39 is 0 Å². The Morgan fingerprint density at radius 2 is 2.26 bits per heavy atom. The maximum absolute atomic E-state index is 11.9. The number of carbonyl (C=O) groups is 1. The number of fused-ring (bicyclic) bond motifs is 1. The SMILES string of the molecule is C=CC1CC(=O)N(Cc2cnc3ccccc3c2)C1. The number of aromatic nitrogens is 1. The van der Waals surface area contributed by atoms with Gasteiger partial charge in [0.25, 0.3) is 0 Å². The highest BCUT2D eigenvalue weighted by Gasteiger charge is 2.27. The van der Waals surface area contributed by atoms with Gasteiger partial charge < -0.3 is 4.90 Å². The monoisotopic (exact) mass is 252 g/mol. The van der Waals surface area contributed by atoms with Crippen LogP contribution in [0.5, 0.6) is 0 Å². The fraction of sp³-hybridized carbons (Fsp3) is 0.250. The van der Waals surface area contributed by atoms with Crippen LogP contribution in [0.25, 0.3) is 10.9 Å². The van der Waals surface area contributed by atoms with Crippen LogP contribution in [-0.4, -0.2) is 22.3 Å². The third-order valence-corrected chi connectivity index (χ3v) is 3.60. The normalized spacial score (nSPS) is 19.1. The van der Waals surface area contributed by atoms with Crippen molar-refractivity contribution in [3.05, 3.63) is 54.7 Å². The van der Waals surface area contributed by atoms with Crippen molar-refractivity contribution in [1.82, 2.24) is 9.88 Å². The van der Waals surface area contributed by atoms with Crippen LogP contribution in [0, 0.1) is 5.92 Å². The van der Waals surface area contributed by atoms with E-state index in [1.807, 2.05) is 41.4 Å². The van der Waals surface area contributed by atoms with Crippen LogP contribution < -0.4 is 0 Å². The van der Waals surface area contributed by atoms with Crippen molar-refractivity contribution in [1.29, 1.82) is 0 Å². The van der Waals surface area contributed by atoms with Crippen molar-refractivity contribution >= 4 is 16.8 Å². The van der Waals surface area contributed by atoms with E-state index in [2.05, 4.69) is 17.6 Å². The number of hydrogen-bond donors (Lipinski definition) is 0. The van der Waals surface area contributed by atoms with Gasteiger partial charge in [-0.25, -0.2) is 0 Å². The van der Waals surface area contributed by atoms with E-state index in [1.54, 1.807) is 0 Å². The van der Waals surface area contributed by atoms with Gasteiger partial charge >= 0.3 is 0 Å². The molecule has 0 saturated carbocycles. The second-order valence-corrected chi connectivity index (χ2v) is 5.01. The zero-order chi connectivity index (χ0) is 13.2. The Bertz CT molecular complexity index is 635. The van der Waals surface area contributed by atoms with E-state index in [-0.39, 0.29) is 5.91 Å². The van der Waals surface area contributed by atoms with Gasteiger partial charge in [-0.1, -0.05) is 24.3 Å². The van der Waals surface area contributed by atoms with Crippen LogP contribution in [0.4, 0.5) is 0 Å². The first-order valence-corrected chi connectivity index (χ1v) is 6.50. The highest BCUT2D eigenvalue weighted by atomic mass is 16.2. The van der Waals surface area contributed by atoms with Gasteiger partial charge in [-0.3, -0.25) is 9.78 Å². The number of pyridine rings is 1. The van der Waals surface area contributed by atoms with Gasteiger partial charge in [-0.15, -0.1) is 6.58 Å². The van der Waals surface area contributed by atoms with E-state index >= 15 is 0 Å². The largest absolute Gasteiger partial charge is 0.338 e. The molecular weight excluding hydrogens is 236 g/mol. The molecule has 2 aromatic rings. The molecule has 0 bridgehead atoms. The molecule has 1 aromatic heterocycles. The molecule has 2 heterocycles. The summed E-state index contributed by atoms with van der Waals surface area (Å²) in [5, 5.41) is 1.12. The third kappa shape index (κ3) is 2.36. The average Bonchev–Trinajstić information content (AvgIpc) is 2.79. The summed E-state index contributed by atoms with van der Waals surface area (Å²) in [5.41, 5.74) is 2.07. The van der Waals surface area contributed by atoms with Gasteiger partial charge in [0.15, 0.2) is 0 Å². The van der Waals surface area contributed by atoms with Crippen molar-refractivity contribution in [3.8, 4) is 0 Å². The summed E-state index contributed by atoms with van der Waals surface area (Å²) >= 11 is 0. The number of amides is 1. The first-order chi connectivity index (χ1) is 9.26. The number of rotatable bonds is 3. The summed E-state index contributed by atoms with van der Waals surface area (Å²) in [6.45, 7) is 5.18. The van der Waals surface area contributed by atoms with Gasteiger partial charge in [-0.05, 0) is 17.7 Å². The molecule has 1 atom stereocenters. The number of nitrogens with zero attached hydrogens (tertiary/aromatic N) is 2. The van der Waals surface area contributed by atoms with E-state index in [9.17, 15) is 4.79 Å². The van der Waals surface area contributed by atoms with Crippen LogP contribution >= 0.6 is 0 Å². The lowest BCUT2D eigenvalue weighted by Crippen LogP contribution is -2.24. The number of benzene rings is 1. The Balaban J connectivity index is 1.82. The number of para-hydroxylation sites is 1. The lowest BCUT2D eigenvalue weighted by molar-refractivity contribution is -0.128. The van der Waals surface area contributed by atoms with Crippen LogP contribution in [0.15, 0.2) is 49.2 Å². The zero-order valence-corrected chi connectivity index (χ0v) is 10.7. The molecule has 1 aromatic carbocycles. The van der Waals surface area contributed by atoms with E-state index in [0.717, 1.165) is 23.0 Å². The van der Waals surface area contributed by atoms with E-state index in [4.69, 9.17) is 0 Å². The fourth-order valence-corrected chi connectivity index (χ4v) is 2.54. The standard InChI is InChI=1S/C16H16N2O/c1-2-12-8-16(19)18(10-12)11-13-7-14-5-3-4-6-15(14)17-9-13/h2-7,9,12H,1,8,10-11H2. The molecule has 3 heteroatoms.